The summed E-state index contributed by atoms with van der Waals surface area (Å²) in [5.41, 5.74) is 0. The Morgan fingerprint density at radius 3 is 2.72 bits per heavy atom. The molecule has 0 aromatic carbocycles. The number of aryl methyl sites for hydroxylation is 1. The van der Waals surface area contributed by atoms with Gasteiger partial charge in [0.1, 0.15) is 11.5 Å². The highest BCUT2D eigenvalue weighted by molar-refractivity contribution is 5.05. The highest BCUT2D eigenvalue weighted by atomic mass is 16.3. The van der Waals surface area contributed by atoms with E-state index in [1.165, 1.54) is 0 Å². The first-order valence-electron chi connectivity index (χ1n) is 6.84. The molecule has 1 atom stereocenters. The van der Waals surface area contributed by atoms with Crippen molar-refractivity contribution in [1.82, 2.24) is 15.1 Å². The Morgan fingerprint density at radius 1 is 1.39 bits per heavy atom. The normalized spacial score (nSPS) is 19.3. The van der Waals surface area contributed by atoms with Crippen LogP contribution in [0.5, 0.6) is 0 Å². The maximum absolute atomic E-state index is 5.62. The van der Waals surface area contributed by atoms with Gasteiger partial charge >= 0.3 is 0 Å². The van der Waals surface area contributed by atoms with E-state index in [0.717, 1.165) is 50.8 Å². The highest BCUT2D eigenvalue weighted by Crippen LogP contribution is 2.10. The van der Waals surface area contributed by atoms with Crippen molar-refractivity contribution in [2.75, 3.05) is 39.8 Å². The van der Waals surface area contributed by atoms with Gasteiger partial charge in [-0.3, -0.25) is 9.80 Å². The Balaban J connectivity index is 1.77. The largest absolute Gasteiger partial charge is 0.465 e. The molecule has 0 amide bonds. The summed E-state index contributed by atoms with van der Waals surface area (Å²) in [5.74, 6) is 2.05. The Labute approximate surface area is 110 Å². The molecule has 2 rings (SSSR count). The van der Waals surface area contributed by atoms with Gasteiger partial charge in [0.25, 0.3) is 0 Å². The molecule has 1 N–H and O–H groups in total. The average molecular weight is 251 g/mol. The van der Waals surface area contributed by atoms with Crippen molar-refractivity contribution in [1.29, 1.82) is 0 Å². The quantitative estimate of drug-likeness (QED) is 0.855. The third-order valence-electron chi connectivity index (χ3n) is 3.57. The lowest BCUT2D eigenvalue weighted by atomic mass is 10.2. The van der Waals surface area contributed by atoms with E-state index >= 15 is 0 Å². The molecule has 102 valence electrons. The first-order chi connectivity index (χ1) is 8.65. The van der Waals surface area contributed by atoms with E-state index in [1.807, 2.05) is 13.0 Å². The molecule has 1 aliphatic heterocycles. The molecule has 4 nitrogen and oxygen atoms in total. The van der Waals surface area contributed by atoms with Crippen molar-refractivity contribution in [2.24, 2.45) is 0 Å². The van der Waals surface area contributed by atoms with Gasteiger partial charge in [0, 0.05) is 38.8 Å². The molecular formula is C14H25N3O. The SMILES string of the molecule is Cc1ccc(CN(C)CC(C)N2CCNCC2)o1. The highest BCUT2D eigenvalue weighted by Gasteiger charge is 2.18. The molecule has 0 spiro atoms. The van der Waals surface area contributed by atoms with Crippen LogP contribution in [0.2, 0.25) is 0 Å². The minimum atomic E-state index is 0.605. The second kappa shape index (κ2) is 6.36. The second-order valence-corrected chi connectivity index (χ2v) is 5.34. The number of likely N-dealkylation sites (N-methyl/N-ethyl adjacent to an activating group) is 1. The van der Waals surface area contributed by atoms with Crippen molar-refractivity contribution in [3.8, 4) is 0 Å². The van der Waals surface area contributed by atoms with E-state index in [-0.39, 0.29) is 0 Å². The summed E-state index contributed by atoms with van der Waals surface area (Å²) >= 11 is 0. The number of hydrogen-bond donors (Lipinski definition) is 1. The van der Waals surface area contributed by atoms with E-state index in [2.05, 4.69) is 35.2 Å². The van der Waals surface area contributed by atoms with Crippen molar-refractivity contribution < 1.29 is 4.42 Å². The topological polar surface area (TPSA) is 31.6 Å². The second-order valence-electron chi connectivity index (χ2n) is 5.34. The van der Waals surface area contributed by atoms with Gasteiger partial charge in [0.15, 0.2) is 0 Å². The molecule has 1 aliphatic rings. The lowest BCUT2D eigenvalue weighted by Crippen LogP contribution is -2.50. The average Bonchev–Trinajstić information content (AvgIpc) is 2.75. The van der Waals surface area contributed by atoms with Crippen LogP contribution >= 0.6 is 0 Å². The van der Waals surface area contributed by atoms with Crippen LogP contribution in [-0.2, 0) is 6.54 Å². The van der Waals surface area contributed by atoms with Gasteiger partial charge in [-0.1, -0.05) is 0 Å². The van der Waals surface area contributed by atoms with E-state index in [4.69, 9.17) is 4.42 Å². The van der Waals surface area contributed by atoms with Gasteiger partial charge in [0.05, 0.1) is 6.54 Å². The number of rotatable bonds is 5. The maximum atomic E-state index is 5.62. The molecular weight excluding hydrogens is 226 g/mol. The van der Waals surface area contributed by atoms with Gasteiger partial charge < -0.3 is 9.73 Å². The van der Waals surface area contributed by atoms with Gasteiger partial charge in [-0.2, -0.15) is 0 Å². The third-order valence-corrected chi connectivity index (χ3v) is 3.57. The van der Waals surface area contributed by atoms with Crippen LogP contribution in [0.25, 0.3) is 0 Å². The third kappa shape index (κ3) is 3.83. The van der Waals surface area contributed by atoms with Crippen molar-refractivity contribution in [3.05, 3.63) is 23.7 Å². The van der Waals surface area contributed by atoms with E-state index in [9.17, 15) is 0 Å². The molecule has 2 heterocycles. The van der Waals surface area contributed by atoms with Crippen molar-refractivity contribution >= 4 is 0 Å². The fraction of sp³-hybridized carbons (Fsp3) is 0.714. The fourth-order valence-electron chi connectivity index (χ4n) is 2.59. The minimum Gasteiger partial charge on any atom is -0.465 e. The number of nitrogens with one attached hydrogen (secondary N) is 1. The van der Waals surface area contributed by atoms with Gasteiger partial charge in [-0.05, 0) is 33.0 Å². The monoisotopic (exact) mass is 251 g/mol. The zero-order chi connectivity index (χ0) is 13.0. The van der Waals surface area contributed by atoms with Crippen molar-refractivity contribution in [2.45, 2.75) is 26.4 Å². The van der Waals surface area contributed by atoms with Gasteiger partial charge in [-0.25, -0.2) is 0 Å². The summed E-state index contributed by atoms with van der Waals surface area (Å²) in [6, 6.07) is 4.71. The molecule has 1 fully saturated rings. The molecule has 0 bridgehead atoms. The summed E-state index contributed by atoms with van der Waals surface area (Å²) < 4.78 is 5.62. The number of nitrogens with zero attached hydrogens (tertiary/aromatic N) is 2. The van der Waals surface area contributed by atoms with Gasteiger partial charge in [-0.15, -0.1) is 0 Å². The van der Waals surface area contributed by atoms with Crippen LogP contribution in [-0.4, -0.2) is 55.6 Å². The molecule has 1 saturated heterocycles. The summed E-state index contributed by atoms with van der Waals surface area (Å²) in [5, 5.41) is 3.40. The van der Waals surface area contributed by atoms with E-state index in [1.54, 1.807) is 0 Å². The first kappa shape index (κ1) is 13.6. The molecule has 18 heavy (non-hydrogen) atoms. The Morgan fingerprint density at radius 2 is 2.11 bits per heavy atom. The molecule has 1 unspecified atom stereocenters. The lowest BCUT2D eigenvalue weighted by Gasteiger charge is -2.34. The predicted molar refractivity (Wildman–Crippen MR) is 73.7 cm³/mol. The summed E-state index contributed by atoms with van der Waals surface area (Å²) in [6.07, 6.45) is 0. The Kier molecular flexibility index (Phi) is 4.80. The minimum absolute atomic E-state index is 0.605. The summed E-state index contributed by atoms with van der Waals surface area (Å²) in [6.45, 7) is 10.8. The zero-order valence-electron chi connectivity index (χ0n) is 11.8. The summed E-state index contributed by atoms with van der Waals surface area (Å²) in [7, 11) is 2.16. The van der Waals surface area contributed by atoms with Crippen LogP contribution < -0.4 is 5.32 Å². The number of hydrogen-bond acceptors (Lipinski definition) is 4. The van der Waals surface area contributed by atoms with E-state index < -0.39 is 0 Å². The lowest BCUT2D eigenvalue weighted by molar-refractivity contribution is 0.140. The molecule has 0 saturated carbocycles. The van der Waals surface area contributed by atoms with Crippen LogP contribution in [0.1, 0.15) is 18.4 Å². The smallest absolute Gasteiger partial charge is 0.118 e. The fourth-order valence-corrected chi connectivity index (χ4v) is 2.59. The van der Waals surface area contributed by atoms with Crippen molar-refractivity contribution in [3.63, 3.8) is 0 Å². The molecule has 1 aromatic rings. The zero-order valence-corrected chi connectivity index (χ0v) is 11.8. The molecule has 0 aliphatic carbocycles. The van der Waals surface area contributed by atoms with Crippen LogP contribution in [0.3, 0.4) is 0 Å². The summed E-state index contributed by atoms with van der Waals surface area (Å²) in [4.78, 5) is 4.89. The number of furan rings is 1. The standard InChI is InChI=1S/C14H25N3O/c1-12(17-8-6-15-7-9-17)10-16(3)11-14-5-4-13(2)18-14/h4-5,12,15H,6-11H2,1-3H3. The first-order valence-corrected chi connectivity index (χ1v) is 6.84. The Bertz CT molecular complexity index is 358. The van der Waals surface area contributed by atoms with Crippen LogP contribution in [0, 0.1) is 6.92 Å². The van der Waals surface area contributed by atoms with Crippen LogP contribution in [0.15, 0.2) is 16.5 Å². The van der Waals surface area contributed by atoms with Crippen LogP contribution in [0.4, 0.5) is 0 Å². The predicted octanol–water partition coefficient (Wildman–Crippen LogP) is 1.31. The molecule has 1 aromatic heterocycles. The Hall–Kier alpha value is -0.840. The van der Waals surface area contributed by atoms with E-state index in [0.29, 0.717) is 6.04 Å². The number of piperazine rings is 1. The maximum Gasteiger partial charge on any atom is 0.118 e. The molecule has 0 radical (unpaired) electrons. The molecule has 4 heteroatoms. The van der Waals surface area contributed by atoms with Gasteiger partial charge in [0.2, 0.25) is 0 Å².